The van der Waals surface area contributed by atoms with Crippen LogP contribution in [0.15, 0.2) is 15.9 Å². The van der Waals surface area contributed by atoms with Crippen molar-refractivity contribution in [2.75, 3.05) is 5.75 Å². The van der Waals surface area contributed by atoms with Gasteiger partial charge in [-0.15, -0.1) is 23.1 Å². The number of nitriles is 1. The number of allylic oxidation sites excluding steroid dienone is 1. The van der Waals surface area contributed by atoms with Gasteiger partial charge in [0.05, 0.1) is 25.6 Å². The Morgan fingerprint density at radius 1 is 1.71 bits per heavy atom. The summed E-state index contributed by atoms with van der Waals surface area (Å²) in [6.45, 7) is 0. The molecule has 1 aromatic rings. The fourth-order valence-corrected chi connectivity index (χ4v) is 4.27. The highest BCUT2D eigenvalue weighted by molar-refractivity contribution is 8.25. The maximum Gasteiger partial charge on any atom is 0.102 e. The molecule has 3 nitrogen and oxygen atoms in total. The number of hydrogen-bond donors (Lipinski definition) is 1. The molecule has 14 heavy (non-hydrogen) atoms. The molecule has 1 saturated heterocycles. The minimum absolute atomic E-state index is 0.117. The monoisotopic (exact) mass is 241 g/mol. The minimum Gasteiger partial charge on any atom is -0.318 e. The summed E-state index contributed by atoms with van der Waals surface area (Å²) in [7, 11) is 0. The molecule has 1 aliphatic heterocycles. The SMILES string of the molecule is N#CC(=C1SCC(N)S1)c1cncs1. The van der Waals surface area contributed by atoms with Crippen LogP contribution in [0.25, 0.3) is 5.57 Å². The van der Waals surface area contributed by atoms with Crippen molar-refractivity contribution in [2.24, 2.45) is 5.73 Å². The molecular formula is C8H7N3S3. The molecule has 0 aliphatic carbocycles. The smallest absolute Gasteiger partial charge is 0.102 e. The molecule has 0 spiro atoms. The van der Waals surface area contributed by atoms with Gasteiger partial charge in [-0.05, 0) is 0 Å². The first-order valence-corrected chi connectivity index (χ1v) is 6.64. The largest absolute Gasteiger partial charge is 0.318 e. The minimum atomic E-state index is 0.117. The standard InChI is InChI=1S/C8H7N3S3/c9-1-5(6-2-11-4-13-6)8-12-3-7(10)14-8/h2,4,7H,3,10H2. The molecule has 2 N–H and O–H groups in total. The van der Waals surface area contributed by atoms with E-state index in [2.05, 4.69) is 11.1 Å². The quantitative estimate of drug-likeness (QED) is 0.763. The van der Waals surface area contributed by atoms with Crippen LogP contribution in [0.2, 0.25) is 0 Å². The first kappa shape index (κ1) is 10.1. The summed E-state index contributed by atoms with van der Waals surface area (Å²) in [6.07, 6.45) is 1.72. The van der Waals surface area contributed by atoms with E-state index in [9.17, 15) is 0 Å². The third kappa shape index (κ3) is 1.96. The second-order valence-corrected chi connectivity index (χ2v) is 6.03. The Kier molecular flexibility index (Phi) is 3.13. The predicted molar refractivity (Wildman–Crippen MR) is 62.7 cm³/mol. The number of hydrogen-bond acceptors (Lipinski definition) is 6. The molecule has 1 aromatic heterocycles. The van der Waals surface area contributed by atoms with E-state index in [-0.39, 0.29) is 5.37 Å². The predicted octanol–water partition coefficient (Wildman–Crippen LogP) is 2.10. The Labute approximate surface area is 94.4 Å². The van der Waals surface area contributed by atoms with Crippen LogP contribution in [0.3, 0.4) is 0 Å². The van der Waals surface area contributed by atoms with Gasteiger partial charge in [-0.1, -0.05) is 11.8 Å². The van der Waals surface area contributed by atoms with E-state index in [0.29, 0.717) is 0 Å². The first-order chi connectivity index (χ1) is 6.81. The summed E-state index contributed by atoms with van der Waals surface area (Å²) in [5, 5.41) is 9.16. The van der Waals surface area contributed by atoms with Crippen molar-refractivity contribution in [3.8, 4) is 6.07 Å². The van der Waals surface area contributed by atoms with Crippen LogP contribution >= 0.6 is 34.9 Å². The van der Waals surface area contributed by atoms with Gasteiger partial charge in [0.15, 0.2) is 0 Å². The lowest BCUT2D eigenvalue weighted by molar-refractivity contribution is 1.08. The second-order valence-electron chi connectivity index (χ2n) is 2.61. The molecule has 1 fully saturated rings. The Bertz CT molecular complexity index is 390. The highest BCUT2D eigenvalue weighted by Gasteiger charge is 2.22. The zero-order chi connectivity index (χ0) is 9.97. The van der Waals surface area contributed by atoms with Crippen LogP contribution < -0.4 is 5.73 Å². The van der Waals surface area contributed by atoms with Gasteiger partial charge in [0.25, 0.3) is 0 Å². The van der Waals surface area contributed by atoms with Gasteiger partial charge in [0.2, 0.25) is 0 Å². The lowest BCUT2D eigenvalue weighted by Crippen LogP contribution is -2.12. The fraction of sp³-hybridized carbons (Fsp3) is 0.250. The van der Waals surface area contributed by atoms with Crippen molar-refractivity contribution in [1.29, 1.82) is 5.26 Å². The number of rotatable bonds is 1. The molecule has 0 amide bonds. The molecule has 1 atom stereocenters. The highest BCUT2D eigenvalue weighted by atomic mass is 32.2. The molecule has 0 bridgehead atoms. The zero-order valence-corrected chi connectivity index (χ0v) is 9.59. The van der Waals surface area contributed by atoms with Gasteiger partial charge in [-0.2, -0.15) is 5.26 Å². The summed E-state index contributed by atoms with van der Waals surface area (Å²) in [6, 6.07) is 2.22. The molecule has 0 aromatic carbocycles. The summed E-state index contributed by atoms with van der Waals surface area (Å²) < 4.78 is 1.03. The zero-order valence-electron chi connectivity index (χ0n) is 7.14. The topological polar surface area (TPSA) is 62.7 Å². The maximum atomic E-state index is 9.05. The van der Waals surface area contributed by atoms with E-state index >= 15 is 0 Å². The van der Waals surface area contributed by atoms with Crippen LogP contribution in [0, 0.1) is 11.3 Å². The van der Waals surface area contributed by atoms with E-state index in [0.717, 1.165) is 20.4 Å². The molecule has 6 heteroatoms. The van der Waals surface area contributed by atoms with Gasteiger partial charge < -0.3 is 5.73 Å². The summed E-state index contributed by atoms with van der Waals surface area (Å²) in [4.78, 5) is 4.89. The number of thiazole rings is 1. The second kappa shape index (κ2) is 4.36. The summed E-state index contributed by atoms with van der Waals surface area (Å²) >= 11 is 4.71. The maximum absolute atomic E-state index is 9.05. The Hall–Kier alpha value is -0.480. The molecule has 1 aliphatic rings. The number of thioether (sulfide) groups is 2. The lowest BCUT2D eigenvalue weighted by atomic mass is 10.3. The number of nitrogens with two attached hydrogens (primary N) is 1. The van der Waals surface area contributed by atoms with Crippen LogP contribution in [-0.2, 0) is 0 Å². The van der Waals surface area contributed by atoms with Gasteiger partial charge >= 0.3 is 0 Å². The lowest BCUT2D eigenvalue weighted by Gasteiger charge is -1.98. The average molecular weight is 241 g/mol. The number of nitrogens with zero attached hydrogens (tertiary/aromatic N) is 2. The molecule has 2 heterocycles. The molecule has 1 unspecified atom stereocenters. The van der Waals surface area contributed by atoms with E-state index in [1.165, 1.54) is 11.3 Å². The molecule has 72 valence electrons. The van der Waals surface area contributed by atoms with Crippen molar-refractivity contribution in [3.05, 3.63) is 20.8 Å². The normalized spacial score (nSPS) is 24.7. The van der Waals surface area contributed by atoms with E-state index in [4.69, 9.17) is 11.0 Å². The van der Waals surface area contributed by atoms with Crippen molar-refractivity contribution in [2.45, 2.75) is 5.37 Å². The van der Waals surface area contributed by atoms with Gasteiger partial charge in [0, 0.05) is 11.9 Å². The highest BCUT2D eigenvalue weighted by Crippen LogP contribution is 2.44. The Balaban J connectivity index is 2.35. The molecular weight excluding hydrogens is 234 g/mol. The van der Waals surface area contributed by atoms with Crippen molar-refractivity contribution in [3.63, 3.8) is 0 Å². The number of aromatic nitrogens is 1. The summed E-state index contributed by atoms with van der Waals surface area (Å²) in [5.41, 5.74) is 8.21. The van der Waals surface area contributed by atoms with E-state index in [1.54, 1.807) is 35.2 Å². The average Bonchev–Trinajstić information content (AvgIpc) is 2.79. The third-order valence-electron chi connectivity index (χ3n) is 1.63. The first-order valence-electron chi connectivity index (χ1n) is 3.89. The molecule has 0 saturated carbocycles. The van der Waals surface area contributed by atoms with Crippen molar-refractivity contribution >= 4 is 40.4 Å². The van der Waals surface area contributed by atoms with Crippen LogP contribution in [-0.4, -0.2) is 16.1 Å². The van der Waals surface area contributed by atoms with Crippen molar-refractivity contribution < 1.29 is 0 Å². The van der Waals surface area contributed by atoms with E-state index < -0.39 is 0 Å². The van der Waals surface area contributed by atoms with Crippen molar-refractivity contribution in [1.82, 2.24) is 4.98 Å². The van der Waals surface area contributed by atoms with E-state index in [1.807, 2.05) is 0 Å². The van der Waals surface area contributed by atoms with Gasteiger partial charge in [-0.25, -0.2) is 0 Å². The summed E-state index contributed by atoms with van der Waals surface area (Å²) in [5.74, 6) is 0.879. The molecule has 0 radical (unpaired) electrons. The third-order valence-corrected chi connectivity index (χ3v) is 5.16. The van der Waals surface area contributed by atoms with Gasteiger partial charge in [-0.3, -0.25) is 4.98 Å². The van der Waals surface area contributed by atoms with Gasteiger partial charge in [0.1, 0.15) is 6.07 Å². The van der Waals surface area contributed by atoms with Crippen LogP contribution in [0.1, 0.15) is 4.88 Å². The van der Waals surface area contributed by atoms with Crippen LogP contribution in [0.4, 0.5) is 0 Å². The van der Waals surface area contributed by atoms with Crippen LogP contribution in [0.5, 0.6) is 0 Å². The molecule has 2 rings (SSSR count). The Morgan fingerprint density at radius 3 is 3.07 bits per heavy atom. The fourth-order valence-electron chi connectivity index (χ4n) is 1.04. The Morgan fingerprint density at radius 2 is 2.57 bits per heavy atom.